The number of hydrogen-bond donors (Lipinski definition) is 2. The van der Waals surface area contributed by atoms with E-state index in [1.54, 1.807) is 18.4 Å². The van der Waals surface area contributed by atoms with Gasteiger partial charge in [0.05, 0.1) is 17.2 Å². The summed E-state index contributed by atoms with van der Waals surface area (Å²) in [6, 6.07) is 0.135. The van der Waals surface area contributed by atoms with Gasteiger partial charge in [-0.15, -0.1) is 11.3 Å². The monoisotopic (exact) mass is 243 g/mol. The first-order valence-corrected chi connectivity index (χ1v) is 6.49. The molecule has 1 aromatic heterocycles. The number of thiazole rings is 1. The summed E-state index contributed by atoms with van der Waals surface area (Å²) < 4.78 is 5.46. The molecule has 3 N–H and O–H groups in total. The van der Waals surface area contributed by atoms with Gasteiger partial charge in [0.1, 0.15) is 0 Å². The molecule has 0 aromatic carbocycles. The van der Waals surface area contributed by atoms with Crippen molar-refractivity contribution in [1.82, 2.24) is 10.4 Å². The molecule has 2 unspecified atom stereocenters. The zero-order valence-corrected chi connectivity index (χ0v) is 11.0. The molecule has 1 aromatic rings. The molecule has 16 heavy (non-hydrogen) atoms. The highest BCUT2D eigenvalue weighted by Crippen LogP contribution is 2.15. The highest BCUT2D eigenvalue weighted by molar-refractivity contribution is 7.09. The molecule has 1 rings (SSSR count). The summed E-state index contributed by atoms with van der Waals surface area (Å²) >= 11 is 1.68. The van der Waals surface area contributed by atoms with Crippen molar-refractivity contribution in [2.45, 2.75) is 45.3 Å². The molecule has 5 heteroatoms. The number of rotatable bonds is 7. The van der Waals surface area contributed by atoms with Crippen molar-refractivity contribution in [3.8, 4) is 0 Å². The molecule has 0 spiro atoms. The van der Waals surface area contributed by atoms with E-state index in [0.717, 1.165) is 30.0 Å². The van der Waals surface area contributed by atoms with Crippen molar-refractivity contribution in [2.75, 3.05) is 7.11 Å². The zero-order chi connectivity index (χ0) is 12.0. The van der Waals surface area contributed by atoms with Crippen LogP contribution in [0, 0.1) is 6.92 Å². The van der Waals surface area contributed by atoms with Crippen molar-refractivity contribution in [3.63, 3.8) is 0 Å². The van der Waals surface area contributed by atoms with Gasteiger partial charge < -0.3 is 4.74 Å². The van der Waals surface area contributed by atoms with Gasteiger partial charge in [-0.3, -0.25) is 11.3 Å². The second-order valence-electron chi connectivity index (χ2n) is 3.92. The van der Waals surface area contributed by atoms with Gasteiger partial charge >= 0.3 is 0 Å². The van der Waals surface area contributed by atoms with Crippen LogP contribution in [0.15, 0.2) is 5.38 Å². The van der Waals surface area contributed by atoms with E-state index >= 15 is 0 Å². The first-order chi connectivity index (χ1) is 7.71. The van der Waals surface area contributed by atoms with Crippen LogP contribution in [0.4, 0.5) is 0 Å². The predicted molar refractivity (Wildman–Crippen MR) is 67.4 cm³/mol. The van der Waals surface area contributed by atoms with E-state index in [1.165, 1.54) is 0 Å². The molecule has 0 radical (unpaired) electrons. The number of ether oxygens (including phenoxy) is 1. The maximum Gasteiger partial charge on any atom is 0.0945 e. The molecule has 0 fully saturated rings. The Kier molecular flexibility index (Phi) is 5.90. The molecule has 0 aliphatic carbocycles. The maximum absolute atomic E-state index is 5.58. The van der Waals surface area contributed by atoms with E-state index in [4.69, 9.17) is 10.6 Å². The Labute approximate surface area is 101 Å². The third kappa shape index (κ3) is 3.83. The van der Waals surface area contributed by atoms with Gasteiger partial charge in [-0.1, -0.05) is 13.3 Å². The molecule has 0 saturated heterocycles. The Balaban J connectivity index is 2.59. The van der Waals surface area contributed by atoms with Crippen molar-refractivity contribution < 1.29 is 4.74 Å². The van der Waals surface area contributed by atoms with E-state index in [-0.39, 0.29) is 12.1 Å². The number of methoxy groups -OCH3 is 1. The minimum Gasteiger partial charge on any atom is -0.380 e. The first kappa shape index (κ1) is 13.6. The number of aryl methyl sites for hydroxylation is 1. The van der Waals surface area contributed by atoms with Crippen LogP contribution in [0.25, 0.3) is 0 Å². The molecule has 0 amide bonds. The standard InChI is InChI=1S/C11H21N3OS/c1-4-5-10(15-3)9(14-12)6-11-13-8(2)7-16-11/h7,9-10,14H,4-6,12H2,1-3H3. The average molecular weight is 243 g/mol. The molecule has 0 aliphatic rings. The quantitative estimate of drug-likeness (QED) is 0.564. The SMILES string of the molecule is CCCC(OC)C(Cc1nc(C)cs1)NN. The van der Waals surface area contributed by atoms with Crippen LogP contribution in [0.2, 0.25) is 0 Å². The summed E-state index contributed by atoms with van der Waals surface area (Å²) in [6.07, 6.45) is 3.08. The summed E-state index contributed by atoms with van der Waals surface area (Å²) in [5.41, 5.74) is 3.91. The lowest BCUT2D eigenvalue weighted by atomic mass is 10.0. The molecular formula is C11H21N3OS. The third-order valence-corrected chi connectivity index (χ3v) is 3.59. The lowest BCUT2D eigenvalue weighted by molar-refractivity contribution is 0.0609. The molecule has 2 atom stereocenters. The number of nitrogens with one attached hydrogen (secondary N) is 1. The van der Waals surface area contributed by atoms with E-state index in [9.17, 15) is 0 Å². The molecular weight excluding hydrogens is 222 g/mol. The van der Waals surface area contributed by atoms with Crippen molar-refractivity contribution in [3.05, 3.63) is 16.1 Å². The van der Waals surface area contributed by atoms with Crippen LogP contribution in [0.1, 0.15) is 30.5 Å². The van der Waals surface area contributed by atoms with Gasteiger partial charge in [0.15, 0.2) is 0 Å². The van der Waals surface area contributed by atoms with E-state index in [1.807, 2.05) is 6.92 Å². The number of aromatic nitrogens is 1. The minimum absolute atomic E-state index is 0.135. The van der Waals surface area contributed by atoms with Gasteiger partial charge in [-0.2, -0.15) is 0 Å². The minimum atomic E-state index is 0.135. The molecule has 0 aliphatic heterocycles. The normalized spacial score (nSPS) is 15.0. The molecule has 0 bridgehead atoms. The average Bonchev–Trinajstić information content (AvgIpc) is 2.69. The van der Waals surface area contributed by atoms with Crippen LogP contribution < -0.4 is 11.3 Å². The lowest BCUT2D eigenvalue weighted by Crippen LogP contribution is -2.46. The van der Waals surface area contributed by atoms with E-state index in [2.05, 4.69) is 22.7 Å². The maximum atomic E-state index is 5.58. The van der Waals surface area contributed by atoms with Crippen LogP contribution >= 0.6 is 11.3 Å². The summed E-state index contributed by atoms with van der Waals surface area (Å²) in [5, 5.41) is 3.17. The molecule has 1 heterocycles. The molecule has 92 valence electrons. The third-order valence-electron chi connectivity index (χ3n) is 2.60. The van der Waals surface area contributed by atoms with Crippen molar-refractivity contribution in [1.29, 1.82) is 0 Å². The number of nitrogens with two attached hydrogens (primary N) is 1. The first-order valence-electron chi connectivity index (χ1n) is 5.61. The van der Waals surface area contributed by atoms with Crippen LogP contribution in [0.3, 0.4) is 0 Å². The largest absolute Gasteiger partial charge is 0.380 e. The smallest absolute Gasteiger partial charge is 0.0945 e. The summed E-state index contributed by atoms with van der Waals surface area (Å²) in [4.78, 5) is 4.44. The van der Waals surface area contributed by atoms with Gasteiger partial charge in [0, 0.05) is 24.6 Å². The van der Waals surface area contributed by atoms with Crippen LogP contribution in [-0.4, -0.2) is 24.2 Å². The Morgan fingerprint density at radius 3 is 2.81 bits per heavy atom. The van der Waals surface area contributed by atoms with Gasteiger partial charge in [0.2, 0.25) is 0 Å². The second kappa shape index (κ2) is 6.96. The zero-order valence-electron chi connectivity index (χ0n) is 10.2. The van der Waals surface area contributed by atoms with Crippen LogP contribution in [0.5, 0.6) is 0 Å². The Hall–Kier alpha value is -0.490. The number of hydrazine groups is 1. The highest BCUT2D eigenvalue weighted by atomic mass is 32.1. The van der Waals surface area contributed by atoms with Gasteiger partial charge in [-0.25, -0.2) is 4.98 Å². The molecule has 0 saturated carbocycles. The van der Waals surface area contributed by atoms with Crippen molar-refractivity contribution in [2.24, 2.45) is 5.84 Å². The molecule has 4 nitrogen and oxygen atoms in total. The fourth-order valence-electron chi connectivity index (χ4n) is 1.75. The Morgan fingerprint density at radius 2 is 2.38 bits per heavy atom. The van der Waals surface area contributed by atoms with Gasteiger partial charge in [0.25, 0.3) is 0 Å². The highest BCUT2D eigenvalue weighted by Gasteiger charge is 2.20. The predicted octanol–water partition coefficient (Wildman–Crippen LogP) is 1.64. The fourth-order valence-corrected chi connectivity index (χ4v) is 2.58. The Morgan fingerprint density at radius 1 is 1.62 bits per heavy atom. The fraction of sp³-hybridized carbons (Fsp3) is 0.727. The van der Waals surface area contributed by atoms with Crippen LogP contribution in [-0.2, 0) is 11.2 Å². The van der Waals surface area contributed by atoms with E-state index in [0.29, 0.717) is 0 Å². The number of nitrogens with zero attached hydrogens (tertiary/aromatic N) is 1. The lowest BCUT2D eigenvalue weighted by Gasteiger charge is -2.24. The summed E-state index contributed by atoms with van der Waals surface area (Å²) in [7, 11) is 1.73. The summed E-state index contributed by atoms with van der Waals surface area (Å²) in [6.45, 7) is 4.15. The number of hydrogen-bond acceptors (Lipinski definition) is 5. The topological polar surface area (TPSA) is 60.2 Å². The second-order valence-corrected chi connectivity index (χ2v) is 4.87. The van der Waals surface area contributed by atoms with Gasteiger partial charge in [-0.05, 0) is 13.3 Å². The van der Waals surface area contributed by atoms with Crippen molar-refractivity contribution >= 4 is 11.3 Å². The van der Waals surface area contributed by atoms with E-state index < -0.39 is 0 Å². The summed E-state index contributed by atoms with van der Waals surface area (Å²) in [5.74, 6) is 5.58. The Bertz CT molecular complexity index is 303.